The van der Waals surface area contributed by atoms with Crippen LogP contribution in [0.4, 0.5) is 11.4 Å². The van der Waals surface area contributed by atoms with E-state index < -0.39 is 0 Å². The molecule has 2 rings (SSSR count). The van der Waals surface area contributed by atoms with Crippen LogP contribution >= 0.6 is 0 Å². The fourth-order valence-corrected chi connectivity index (χ4v) is 4.19. The Morgan fingerprint density at radius 3 is 2.27 bits per heavy atom. The monoisotopic (exact) mass is 300 g/mol. The van der Waals surface area contributed by atoms with Crippen molar-refractivity contribution in [2.45, 2.75) is 78.2 Å². The summed E-state index contributed by atoms with van der Waals surface area (Å²) >= 11 is 0. The van der Waals surface area contributed by atoms with Crippen molar-refractivity contribution >= 4 is 17.1 Å². The largest absolute Gasteiger partial charge is 0.377 e. The number of nitrogens with zero attached hydrogens (tertiary/aromatic N) is 1. The Morgan fingerprint density at radius 1 is 1.00 bits per heavy atom. The molecular weight excluding hydrogens is 268 g/mol. The molecule has 1 unspecified atom stereocenters. The molecule has 0 aromatic heterocycles. The van der Waals surface area contributed by atoms with Gasteiger partial charge >= 0.3 is 0 Å². The molecule has 1 aromatic rings. The minimum atomic E-state index is 0.166. The van der Waals surface area contributed by atoms with Crippen molar-refractivity contribution in [1.82, 2.24) is 0 Å². The number of rotatable bonds is 7. The fourth-order valence-electron chi connectivity index (χ4n) is 4.19. The third kappa shape index (κ3) is 3.37. The molecule has 2 heteroatoms. The molecule has 0 bridgehead atoms. The van der Waals surface area contributed by atoms with Gasteiger partial charge in [-0.15, -0.1) is 0 Å². The summed E-state index contributed by atoms with van der Waals surface area (Å²) in [5.41, 5.74) is 3.91. The second kappa shape index (κ2) is 7.80. The molecule has 1 aliphatic rings. The van der Waals surface area contributed by atoms with Gasteiger partial charge in [-0.2, -0.15) is 0 Å². The SMILES string of the molecule is CCCC1=Nc2ccccc2NC(CCC)(CCC)C1CC. The van der Waals surface area contributed by atoms with E-state index in [-0.39, 0.29) is 5.54 Å². The number of fused-ring (bicyclic) bond motifs is 1. The van der Waals surface area contributed by atoms with Gasteiger partial charge in [0.25, 0.3) is 0 Å². The van der Waals surface area contributed by atoms with E-state index in [1.165, 1.54) is 49.9 Å². The van der Waals surface area contributed by atoms with Crippen molar-refractivity contribution in [3.63, 3.8) is 0 Å². The maximum Gasteiger partial charge on any atom is 0.0860 e. The third-order valence-electron chi connectivity index (χ3n) is 4.93. The number of nitrogens with one attached hydrogen (secondary N) is 1. The summed E-state index contributed by atoms with van der Waals surface area (Å²) in [6.45, 7) is 9.20. The van der Waals surface area contributed by atoms with Gasteiger partial charge in [-0.1, -0.05) is 59.1 Å². The van der Waals surface area contributed by atoms with Gasteiger partial charge in [0.2, 0.25) is 0 Å². The van der Waals surface area contributed by atoms with Crippen molar-refractivity contribution < 1.29 is 0 Å². The lowest BCUT2D eigenvalue weighted by Crippen LogP contribution is -2.48. The van der Waals surface area contributed by atoms with E-state index in [9.17, 15) is 0 Å². The molecule has 0 aliphatic carbocycles. The van der Waals surface area contributed by atoms with Crippen LogP contribution in [0.3, 0.4) is 0 Å². The van der Waals surface area contributed by atoms with Gasteiger partial charge in [-0.25, -0.2) is 0 Å². The first-order valence-corrected chi connectivity index (χ1v) is 9.15. The Morgan fingerprint density at radius 2 is 1.68 bits per heavy atom. The number of benzene rings is 1. The smallest absolute Gasteiger partial charge is 0.0860 e. The first-order valence-electron chi connectivity index (χ1n) is 9.15. The zero-order chi connectivity index (χ0) is 16.0. The van der Waals surface area contributed by atoms with E-state index in [1.54, 1.807) is 0 Å². The molecule has 0 fully saturated rings. The van der Waals surface area contributed by atoms with Crippen LogP contribution in [0.5, 0.6) is 0 Å². The zero-order valence-electron chi connectivity index (χ0n) is 14.8. The highest BCUT2D eigenvalue weighted by Gasteiger charge is 2.40. The number of aliphatic imine (C=N–C) groups is 1. The predicted molar refractivity (Wildman–Crippen MR) is 98.4 cm³/mol. The summed E-state index contributed by atoms with van der Waals surface area (Å²) in [4.78, 5) is 5.10. The molecule has 22 heavy (non-hydrogen) atoms. The Bertz CT molecular complexity index is 498. The quantitative estimate of drug-likeness (QED) is 0.623. The Labute approximate surface area is 136 Å². The summed E-state index contributed by atoms with van der Waals surface area (Å²) in [6, 6.07) is 8.57. The molecule has 122 valence electrons. The molecule has 0 amide bonds. The average molecular weight is 300 g/mol. The summed E-state index contributed by atoms with van der Waals surface area (Å²) in [5.74, 6) is 0.541. The van der Waals surface area contributed by atoms with E-state index in [0.29, 0.717) is 5.92 Å². The highest BCUT2D eigenvalue weighted by Crippen LogP contribution is 2.42. The third-order valence-corrected chi connectivity index (χ3v) is 4.93. The number of hydrogen-bond acceptors (Lipinski definition) is 2. The summed E-state index contributed by atoms with van der Waals surface area (Å²) < 4.78 is 0. The standard InChI is InChI=1S/C20H32N2/c1-5-11-17-16(8-4)20(14-6-2,15-7-3)22-19-13-10-9-12-18(19)21-17/h9-10,12-13,16,22H,5-8,11,14-15H2,1-4H3. The van der Waals surface area contributed by atoms with E-state index in [2.05, 4.69) is 57.3 Å². The van der Waals surface area contributed by atoms with Gasteiger partial charge in [-0.05, 0) is 37.8 Å². The van der Waals surface area contributed by atoms with Crippen LogP contribution in [0.15, 0.2) is 29.3 Å². The van der Waals surface area contributed by atoms with E-state index in [1.807, 2.05) is 0 Å². The summed E-state index contributed by atoms with van der Waals surface area (Å²) in [5, 5.41) is 3.95. The molecule has 0 spiro atoms. The highest BCUT2D eigenvalue weighted by atomic mass is 15.0. The Hall–Kier alpha value is -1.31. The number of anilines is 1. The molecule has 1 aromatic carbocycles. The van der Waals surface area contributed by atoms with Gasteiger partial charge in [0.1, 0.15) is 0 Å². The van der Waals surface area contributed by atoms with Crippen LogP contribution in [0.2, 0.25) is 0 Å². The lowest BCUT2D eigenvalue weighted by atomic mass is 9.72. The Balaban J connectivity index is 2.55. The van der Waals surface area contributed by atoms with Crippen LogP contribution in [-0.2, 0) is 0 Å². The first-order chi connectivity index (χ1) is 10.7. The molecule has 1 atom stereocenters. The number of para-hydroxylation sites is 2. The van der Waals surface area contributed by atoms with Crippen molar-refractivity contribution in [1.29, 1.82) is 0 Å². The summed E-state index contributed by atoms with van der Waals surface area (Å²) in [7, 11) is 0. The topological polar surface area (TPSA) is 24.4 Å². The minimum absolute atomic E-state index is 0.166. The molecule has 0 saturated carbocycles. The molecule has 1 heterocycles. The van der Waals surface area contributed by atoms with Crippen LogP contribution in [0.25, 0.3) is 0 Å². The van der Waals surface area contributed by atoms with Gasteiger partial charge in [0.05, 0.1) is 11.4 Å². The van der Waals surface area contributed by atoms with Gasteiger partial charge in [-0.3, -0.25) is 4.99 Å². The van der Waals surface area contributed by atoms with Gasteiger partial charge in [0.15, 0.2) is 0 Å². The van der Waals surface area contributed by atoms with Gasteiger partial charge in [0, 0.05) is 17.2 Å². The molecule has 2 nitrogen and oxygen atoms in total. The normalized spacial score (nSPS) is 19.8. The fraction of sp³-hybridized carbons (Fsp3) is 0.650. The van der Waals surface area contributed by atoms with Crippen LogP contribution in [0.1, 0.15) is 72.6 Å². The summed E-state index contributed by atoms with van der Waals surface area (Å²) in [6.07, 6.45) is 8.32. The molecule has 1 aliphatic heterocycles. The molecule has 0 radical (unpaired) electrons. The highest BCUT2D eigenvalue weighted by molar-refractivity contribution is 5.93. The van der Waals surface area contributed by atoms with Crippen LogP contribution < -0.4 is 5.32 Å². The Kier molecular flexibility index (Phi) is 6.05. The minimum Gasteiger partial charge on any atom is -0.377 e. The first kappa shape index (κ1) is 17.1. The van der Waals surface area contributed by atoms with Crippen LogP contribution in [-0.4, -0.2) is 11.3 Å². The zero-order valence-corrected chi connectivity index (χ0v) is 14.8. The van der Waals surface area contributed by atoms with E-state index in [0.717, 1.165) is 12.1 Å². The maximum absolute atomic E-state index is 5.10. The lowest BCUT2D eigenvalue weighted by Gasteiger charge is -2.42. The van der Waals surface area contributed by atoms with Gasteiger partial charge < -0.3 is 5.32 Å². The van der Waals surface area contributed by atoms with Crippen molar-refractivity contribution in [2.75, 3.05) is 5.32 Å². The van der Waals surface area contributed by atoms with Crippen molar-refractivity contribution in [3.8, 4) is 0 Å². The molecular formula is C20H32N2. The predicted octanol–water partition coefficient (Wildman–Crippen LogP) is 6.35. The number of hydrogen-bond donors (Lipinski definition) is 1. The molecule has 0 saturated heterocycles. The maximum atomic E-state index is 5.10. The van der Waals surface area contributed by atoms with Crippen molar-refractivity contribution in [3.05, 3.63) is 24.3 Å². The second-order valence-electron chi connectivity index (χ2n) is 6.61. The molecule has 1 N–H and O–H groups in total. The average Bonchev–Trinajstić information content (AvgIpc) is 2.62. The van der Waals surface area contributed by atoms with Crippen LogP contribution in [0, 0.1) is 5.92 Å². The van der Waals surface area contributed by atoms with E-state index in [4.69, 9.17) is 4.99 Å². The van der Waals surface area contributed by atoms with E-state index >= 15 is 0 Å². The van der Waals surface area contributed by atoms with Crippen molar-refractivity contribution in [2.24, 2.45) is 10.9 Å². The lowest BCUT2D eigenvalue weighted by molar-refractivity contribution is 0.309. The second-order valence-corrected chi connectivity index (χ2v) is 6.61.